The summed E-state index contributed by atoms with van der Waals surface area (Å²) >= 11 is 12.4. The van der Waals surface area contributed by atoms with Gasteiger partial charge in [-0.15, -0.1) is 12.4 Å². The molecule has 23 heavy (non-hydrogen) atoms. The van der Waals surface area contributed by atoms with Crippen molar-refractivity contribution in [3.05, 3.63) is 33.8 Å². The maximum atomic E-state index is 11.9. The van der Waals surface area contributed by atoms with E-state index >= 15 is 0 Å². The molecule has 1 aliphatic rings. The standard InChI is InChI=1S/C16H22Cl2N2O2.ClH/c1-19-7-4-15(21)20-11-16(5-8-22-9-6-16)13-3-2-12(17)10-14(13)18;/h2-3,10,19H,4-9,11H2,1H3,(H,20,21);1H. The molecule has 0 unspecified atom stereocenters. The minimum Gasteiger partial charge on any atom is -0.381 e. The van der Waals surface area contributed by atoms with Crippen LogP contribution in [-0.2, 0) is 14.9 Å². The summed E-state index contributed by atoms with van der Waals surface area (Å²) < 4.78 is 5.49. The zero-order chi connectivity index (χ0) is 16.0. The average molecular weight is 382 g/mol. The van der Waals surface area contributed by atoms with E-state index in [4.69, 9.17) is 27.9 Å². The largest absolute Gasteiger partial charge is 0.381 e. The average Bonchev–Trinajstić information content (AvgIpc) is 2.51. The first kappa shape index (κ1) is 20.5. The highest BCUT2D eigenvalue weighted by Gasteiger charge is 2.36. The number of amides is 1. The molecule has 0 spiro atoms. The molecule has 1 aromatic rings. The molecule has 2 rings (SSSR count). The summed E-state index contributed by atoms with van der Waals surface area (Å²) in [7, 11) is 1.83. The Morgan fingerprint density at radius 2 is 2.00 bits per heavy atom. The van der Waals surface area contributed by atoms with E-state index in [0.29, 0.717) is 42.8 Å². The lowest BCUT2D eigenvalue weighted by molar-refractivity contribution is -0.121. The van der Waals surface area contributed by atoms with Crippen molar-refractivity contribution in [1.82, 2.24) is 10.6 Å². The summed E-state index contributed by atoms with van der Waals surface area (Å²) in [5.74, 6) is 0.0466. The number of carbonyl (C=O) groups excluding carboxylic acids is 1. The molecule has 1 fully saturated rings. The van der Waals surface area contributed by atoms with Gasteiger partial charge in [0.2, 0.25) is 5.91 Å². The van der Waals surface area contributed by atoms with Gasteiger partial charge in [0.05, 0.1) is 0 Å². The van der Waals surface area contributed by atoms with Crippen molar-refractivity contribution in [1.29, 1.82) is 0 Å². The van der Waals surface area contributed by atoms with E-state index in [-0.39, 0.29) is 23.7 Å². The summed E-state index contributed by atoms with van der Waals surface area (Å²) in [5.41, 5.74) is 0.852. The van der Waals surface area contributed by atoms with Crippen LogP contribution in [0.2, 0.25) is 10.0 Å². The Morgan fingerprint density at radius 1 is 1.30 bits per heavy atom. The van der Waals surface area contributed by atoms with Gasteiger partial charge in [-0.1, -0.05) is 29.3 Å². The highest BCUT2D eigenvalue weighted by Crippen LogP contribution is 2.39. The first-order valence-electron chi connectivity index (χ1n) is 7.52. The number of rotatable bonds is 6. The van der Waals surface area contributed by atoms with Crippen LogP contribution in [0.1, 0.15) is 24.8 Å². The molecule has 1 aliphatic heterocycles. The van der Waals surface area contributed by atoms with Crippen molar-refractivity contribution < 1.29 is 9.53 Å². The van der Waals surface area contributed by atoms with Gasteiger partial charge in [0.1, 0.15) is 0 Å². The van der Waals surface area contributed by atoms with Gasteiger partial charge >= 0.3 is 0 Å². The van der Waals surface area contributed by atoms with Crippen molar-refractivity contribution in [2.24, 2.45) is 0 Å². The van der Waals surface area contributed by atoms with Gasteiger partial charge in [0.15, 0.2) is 0 Å². The Morgan fingerprint density at radius 3 is 2.61 bits per heavy atom. The maximum absolute atomic E-state index is 11.9. The molecule has 1 heterocycles. The molecule has 0 atom stereocenters. The highest BCUT2D eigenvalue weighted by atomic mass is 35.5. The first-order valence-corrected chi connectivity index (χ1v) is 8.27. The summed E-state index contributed by atoms with van der Waals surface area (Å²) in [6.45, 7) is 2.58. The van der Waals surface area contributed by atoms with Crippen molar-refractivity contribution >= 4 is 41.5 Å². The lowest BCUT2D eigenvalue weighted by atomic mass is 9.74. The summed E-state index contributed by atoms with van der Waals surface area (Å²) in [6.07, 6.45) is 2.14. The number of hydrogen-bond acceptors (Lipinski definition) is 3. The van der Waals surface area contributed by atoms with Crippen molar-refractivity contribution in [2.75, 3.05) is 33.4 Å². The monoisotopic (exact) mass is 380 g/mol. The molecule has 2 N–H and O–H groups in total. The van der Waals surface area contributed by atoms with Gasteiger partial charge in [-0.2, -0.15) is 0 Å². The molecule has 1 amide bonds. The predicted octanol–water partition coefficient (Wildman–Crippen LogP) is 3.19. The smallest absolute Gasteiger partial charge is 0.221 e. The number of hydrogen-bond donors (Lipinski definition) is 2. The molecule has 0 aliphatic carbocycles. The summed E-state index contributed by atoms with van der Waals surface area (Å²) in [5, 5.41) is 7.29. The molecule has 130 valence electrons. The van der Waals surface area contributed by atoms with Crippen LogP contribution in [0.5, 0.6) is 0 Å². The first-order chi connectivity index (χ1) is 10.6. The Balaban J connectivity index is 0.00000264. The zero-order valence-electron chi connectivity index (χ0n) is 13.2. The van der Waals surface area contributed by atoms with E-state index in [2.05, 4.69) is 10.6 Å². The van der Waals surface area contributed by atoms with Gasteiger partial charge in [0, 0.05) is 48.2 Å². The van der Waals surface area contributed by atoms with Crippen LogP contribution in [0.4, 0.5) is 0 Å². The van der Waals surface area contributed by atoms with E-state index in [0.717, 1.165) is 18.4 Å². The Bertz CT molecular complexity index is 520. The summed E-state index contributed by atoms with van der Waals surface area (Å²) in [4.78, 5) is 11.9. The molecule has 1 aromatic carbocycles. The van der Waals surface area contributed by atoms with Crippen LogP contribution >= 0.6 is 35.6 Å². The van der Waals surface area contributed by atoms with Gasteiger partial charge in [0.25, 0.3) is 0 Å². The Kier molecular flexibility index (Phi) is 8.65. The highest BCUT2D eigenvalue weighted by molar-refractivity contribution is 6.35. The molecular weight excluding hydrogens is 359 g/mol. The second-order valence-electron chi connectivity index (χ2n) is 5.65. The molecule has 4 nitrogen and oxygen atoms in total. The molecule has 0 radical (unpaired) electrons. The number of halogens is 3. The second-order valence-corrected chi connectivity index (χ2v) is 6.49. The Labute approximate surface area is 153 Å². The van der Waals surface area contributed by atoms with E-state index in [9.17, 15) is 4.79 Å². The normalized spacial score (nSPS) is 16.5. The van der Waals surface area contributed by atoms with Gasteiger partial charge in [-0.3, -0.25) is 4.79 Å². The third kappa shape index (κ3) is 5.50. The topological polar surface area (TPSA) is 50.4 Å². The van der Waals surface area contributed by atoms with E-state index in [1.165, 1.54) is 0 Å². The third-order valence-corrected chi connectivity index (χ3v) is 4.73. The van der Waals surface area contributed by atoms with Gasteiger partial charge in [-0.05, 0) is 37.6 Å². The molecule has 0 bridgehead atoms. The fourth-order valence-corrected chi connectivity index (χ4v) is 3.43. The predicted molar refractivity (Wildman–Crippen MR) is 97.0 cm³/mol. The third-order valence-electron chi connectivity index (χ3n) is 4.18. The lowest BCUT2D eigenvalue weighted by Gasteiger charge is -2.38. The SMILES string of the molecule is CNCCC(=O)NCC1(c2ccc(Cl)cc2Cl)CCOCC1.Cl. The minimum absolute atomic E-state index is 0. The van der Waals surface area contributed by atoms with E-state index in [1.54, 1.807) is 6.07 Å². The number of ether oxygens (including phenoxy) is 1. The quantitative estimate of drug-likeness (QED) is 0.795. The zero-order valence-corrected chi connectivity index (χ0v) is 15.5. The van der Waals surface area contributed by atoms with Crippen molar-refractivity contribution in [3.8, 4) is 0 Å². The minimum atomic E-state index is -0.185. The van der Waals surface area contributed by atoms with Crippen LogP contribution in [0, 0.1) is 0 Å². The number of nitrogens with one attached hydrogen (secondary N) is 2. The van der Waals surface area contributed by atoms with Crippen LogP contribution in [0.3, 0.4) is 0 Å². The van der Waals surface area contributed by atoms with Crippen molar-refractivity contribution in [2.45, 2.75) is 24.7 Å². The van der Waals surface area contributed by atoms with E-state index in [1.807, 2.05) is 19.2 Å². The van der Waals surface area contributed by atoms with Crippen LogP contribution < -0.4 is 10.6 Å². The maximum Gasteiger partial charge on any atom is 0.221 e. The molecule has 7 heteroatoms. The van der Waals surface area contributed by atoms with Crippen LogP contribution in [0.15, 0.2) is 18.2 Å². The molecule has 0 saturated carbocycles. The molecule has 1 saturated heterocycles. The van der Waals surface area contributed by atoms with Crippen LogP contribution in [-0.4, -0.2) is 39.3 Å². The van der Waals surface area contributed by atoms with Crippen molar-refractivity contribution in [3.63, 3.8) is 0 Å². The van der Waals surface area contributed by atoms with Gasteiger partial charge < -0.3 is 15.4 Å². The molecule has 0 aromatic heterocycles. The Hall–Kier alpha value is -0.520. The number of benzene rings is 1. The summed E-state index contributed by atoms with van der Waals surface area (Å²) in [6, 6.07) is 5.58. The fraction of sp³-hybridized carbons (Fsp3) is 0.562. The van der Waals surface area contributed by atoms with E-state index < -0.39 is 0 Å². The second kappa shape index (κ2) is 9.70. The van der Waals surface area contributed by atoms with Gasteiger partial charge in [-0.25, -0.2) is 0 Å². The van der Waals surface area contributed by atoms with Crippen LogP contribution in [0.25, 0.3) is 0 Å². The number of carbonyl (C=O) groups is 1. The fourth-order valence-electron chi connectivity index (χ4n) is 2.82. The molecular formula is C16H23Cl3N2O2. The lowest BCUT2D eigenvalue weighted by Crippen LogP contribution is -2.45.